The van der Waals surface area contributed by atoms with Crippen molar-refractivity contribution < 1.29 is 87.0 Å². The Morgan fingerprint density at radius 3 is 2.12 bits per heavy atom. The summed E-state index contributed by atoms with van der Waals surface area (Å²) in [5, 5.41) is 53.9. The number of hydrogen-bond acceptors (Lipinski definition) is 18. The number of carbonyl (C=O) groups is 11. The van der Waals surface area contributed by atoms with Crippen LogP contribution in [-0.2, 0) is 89.2 Å². The number of aliphatic hydroxyl groups is 1. The molecule has 0 saturated carbocycles. The second-order valence-electron chi connectivity index (χ2n) is 23.6. The molecule has 492 valence electrons. The van der Waals surface area contributed by atoms with Crippen molar-refractivity contribution in [1.82, 2.24) is 45.5 Å². The summed E-state index contributed by atoms with van der Waals surface area (Å²) < 4.78 is 28.0. The van der Waals surface area contributed by atoms with Crippen LogP contribution in [0.1, 0.15) is 124 Å². The van der Waals surface area contributed by atoms with Crippen molar-refractivity contribution in [3.05, 3.63) is 104 Å². The molecule has 92 heavy (non-hydrogen) atoms. The Labute approximate surface area is 526 Å². The molecule has 29 heteroatoms. The number of alkyl carbamates (subject to hydrolysis) is 1. The number of amides is 7. The van der Waals surface area contributed by atoms with E-state index in [2.05, 4.69) is 26.6 Å². The summed E-state index contributed by atoms with van der Waals surface area (Å²) in [4.78, 5) is 161. The van der Waals surface area contributed by atoms with E-state index in [9.17, 15) is 78.0 Å². The molecular formula is C63H75FN10O18. The molecular weight excluding hydrogens is 1200 g/mol. The molecule has 4 aromatic rings. The fraction of sp³-hybridized carbons (Fsp3) is 0.476. The van der Waals surface area contributed by atoms with Crippen LogP contribution in [0.2, 0.25) is 0 Å². The van der Waals surface area contributed by atoms with Crippen LogP contribution < -0.4 is 32.1 Å². The number of carbonyl (C=O) groups excluding carboxylic acids is 8. The van der Waals surface area contributed by atoms with Crippen molar-refractivity contribution in [2.24, 2.45) is 5.92 Å². The summed E-state index contributed by atoms with van der Waals surface area (Å²) in [7, 11) is 0. The Morgan fingerprint density at radius 2 is 1.48 bits per heavy atom. The number of rotatable bonds is 32. The number of carboxylic acid groups (broad SMARTS) is 3. The van der Waals surface area contributed by atoms with Gasteiger partial charge in [0.25, 0.3) is 17.4 Å². The zero-order chi connectivity index (χ0) is 66.7. The number of hydrogen-bond donors (Lipinski definition) is 9. The molecule has 0 fully saturated rings. The van der Waals surface area contributed by atoms with E-state index in [0.717, 1.165) is 9.80 Å². The van der Waals surface area contributed by atoms with Crippen LogP contribution >= 0.6 is 0 Å². The molecule has 4 aliphatic rings. The molecule has 0 radical (unpaired) electrons. The first kappa shape index (κ1) is 68.4. The predicted molar refractivity (Wildman–Crippen MR) is 324 cm³/mol. The average Bonchev–Trinajstić information content (AvgIpc) is 1.47. The number of unbranched alkanes of at least 4 members (excludes halogenated alkanes) is 3. The van der Waals surface area contributed by atoms with Gasteiger partial charge in [-0.15, -0.1) is 0 Å². The fourth-order valence-electron chi connectivity index (χ4n) is 11.9. The topological polar surface area (TPSA) is 392 Å². The SMILES string of the molecule is CC[C@@]1(O)C(=O)OCc2c1cc1n(c2=O)Cc2c-1nc1cc(F)c(C)c3c1c2[C@@H](NC(=O)OCc1ccc(NC(=O)[C@H](CCCCNC(=O)CN(CCN(CC(=O)O)CC(=O)O)CC(=O)O)NC(=O)[C@@H](NC(=O)CCCCCN2C(=O)C=CC2=O)C(C)C)cc1)CC3. The molecule has 2 aromatic carbocycles. The highest BCUT2D eigenvalue weighted by molar-refractivity contribution is 6.12. The Hall–Kier alpha value is -9.48. The molecule has 1 aliphatic carbocycles. The third-order valence-corrected chi connectivity index (χ3v) is 16.8. The van der Waals surface area contributed by atoms with Crippen molar-refractivity contribution in [2.75, 3.05) is 57.7 Å². The van der Waals surface area contributed by atoms with Gasteiger partial charge in [-0.1, -0.05) is 39.3 Å². The van der Waals surface area contributed by atoms with Crippen LogP contribution in [-0.4, -0.2) is 175 Å². The van der Waals surface area contributed by atoms with E-state index in [0.29, 0.717) is 87.9 Å². The highest BCUT2D eigenvalue weighted by Gasteiger charge is 2.46. The summed E-state index contributed by atoms with van der Waals surface area (Å²) in [6, 6.07) is 6.22. The number of cyclic esters (lactones) is 1. The van der Waals surface area contributed by atoms with Gasteiger partial charge in [0.2, 0.25) is 23.6 Å². The summed E-state index contributed by atoms with van der Waals surface area (Å²) in [6.07, 6.45) is 4.18. The Morgan fingerprint density at radius 1 is 0.815 bits per heavy atom. The van der Waals surface area contributed by atoms with Crippen LogP contribution in [0, 0.1) is 18.7 Å². The zero-order valence-corrected chi connectivity index (χ0v) is 51.4. The predicted octanol–water partition coefficient (Wildman–Crippen LogP) is 2.63. The number of imide groups is 1. The lowest BCUT2D eigenvalue weighted by atomic mass is 9.81. The van der Waals surface area contributed by atoms with Crippen LogP contribution in [0.4, 0.5) is 14.9 Å². The lowest BCUT2D eigenvalue weighted by molar-refractivity contribution is -0.172. The maximum Gasteiger partial charge on any atom is 0.407 e. The number of anilines is 1. The number of ether oxygens (including phenoxy) is 2. The van der Waals surface area contributed by atoms with Gasteiger partial charge < -0.3 is 61.1 Å². The second kappa shape index (κ2) is 30.1. The number of esters is 1. The van der Waals surface area contributed by atoms with Gasteiger partial charge in [0.15, 0.2) is 5.60 Å². The van der Waals surface area contributed by atoms with Gasteiger partial charge in [-0.3, -0.25) is 62.6 Å². The van der Waals surface area contributed by atoms with Crippen molar-refractivity contribution in [1.29, 1.82) is 0 Å². The minimum atomic E-state index is -2.08. The molecule has 9 N–H and O–H groups in total. The number of carboxylic acids is 3. The minimum absolute atomic E-state index is 0.0288. The summed E-state index contributed by atoms with van der Waals surface area (Å²) in [5.74, 6) is -8.81. The Kier molecular flexibility index (Phi) is 22.4. The smallest absolute Gasteiger partial charge is 0.407 e. The number of halogens is 1. The molecule has 0 bridgehead atoms. The number of benzene rings is 2. The summed E-state index contributed by atoms with van der Waals surface area (Å²) >= 11 is 0. The monoisotopic (exact) mass is 1280 g/mol. The first-order valence-electron chi connectivity index (χ1n) is 30.4. The summed E-state index contributed by atoms with van der Waals surface area (Å²) in [5.41, 5.74) is 1.78. The number of fused-ring (bicyclic) bond motifs is 5. The molecule has 28 nitrogen and oxygen atoms in total. The van der Waals surface area contributed by atoms with Gasteiger partial charge in [0.05, 0.1) is 61.2 Å². The van der Waals surface area contributed by atoms with Crippen molar-refractivity contribution >= 4 is 82.0 Å². The molecule has 0 saturated heterocycles. The maximum absolute atomic E-state index is 15.5. The largest absolute Gasteiger partial charge is 0.480 e. The van der Waals surface area contributed by atoms with E-state index >= 15 is 4.39 Å². The van der Waals surface area contributed by atoms with Crippen molar-refractivity contribution in [3.63, 3.8) is 0 Å². The minimum Gasteiger partial charge on any atom is -0.480 e. The first-order valence-corrected chi connectivity index (χ1v) is 30.4. The van der Waals surface area contributed by atoms with Crippen LogP contribution in [0.15, 0.2) is 53.3 Å². The molecule has 0 unspecified atom stereocenters. The van der Waals surface area contributed by atoms with Crippen molar-refractivity contribution in [3.8, 4) is 11.4 Å². The van der Waals surface area contributed by atoms with Gasteiger partial charge in [-0.2, -0.15) is 0 Å². The molecule has 4 atom stereocenters. The maximum atomic E-state index is 15.5. The quantitative estimate of drug-likeness (QED) is 0.0170. The fourth-order valence-corrected chi connectivity index (χ4v) is 11.9. The summed E-state index contributed by atoms with van der Waals surface area (Å²) in [6.45, 7) is 3.82. The zero-order valence-electron chi connectivity index (χ0n) is 51.4. The molecule has 0 spiro atoms. The van der Waals surface area contributed by atoms with E-state index in [1.165, 1.54) is 27.7 Å². The number of nitrogens with one attached hydrogen (secondary N) is 5. The van der Waals surface area contributed by atoms with Gasteiger partial charge in [0.1, 0.15) is 31.1 Å². The first-order chi connectivity index (χ1) is 43.8. The number of aliphatic carboxylic acids is 3. The highest BCUT2D eigenvalue weighted by atomic mass is 19.1. The van der Waals surface area contributed by atoms with Gasteiger partial charge in [0, 0.05) is 73.0 Å². The normalized spacial score (nSPS) is 16.8. The lowest BCUT2D eigenvalue weighted by Gasteiger charge is -2.31. The second-order valence-corrected chi connectivity index (χ2v) is 23.6. The Balaban J connectivity index is 0.903. The highest BCUT2D eigenvalue weighted by Crippen LogP contribution is 2.46. The molecule has 5 heterocycles. The Bertz CT molecular complexity index is 3650. The standard InChI is InChI=1S/C63H75FN10O18/c1-5-63(90)41-25-46-57-39(27-74(46)60(87)40(41)33-91-61(63)88)55-43(18-17-38-35(4)42(64)26-45(67-57)54(38)55)69-62(89)92-32-36-13-15-37(16-14-36)66-58(85)44(68-59(86)56(34(2)3)70-47(75)12-7-6-10-22-73-49(77)19-20-50(73)78)11-8-9-21-65-48(76)28-71(29-51(79)80)23-24-72(30-52(81)82)31-53(83)84/h13-16,19-20,25-26,34,43-44,56,90H,5-12,17-18,21-24,27-33H2,1-4H3,(H,65,76)(H,66,85)(H,68,86)(H,69,89)(H,70,75)(H,79,80)(H,81,82)(H,83,84)/t43-,44-,56-,63-/m0/s1. The number of aromatic nitrogens is 2. The number of nitrogens with zero attached hydrogens (tertiary/aromatic N) is 5. The van der Waals surface area contributed by atoms with E-state index < -0.39 is 133 Å². The van der Waals surface area contributed by atoms with E-state index in [4.69, 9.17) is 14.5 Å². The molecule has 7 amide bonds. The van der Waals surface area contributed by atoms with Gasteiger partial charge in [-0.05, 0) is 105 Å². The molecule has 8 rings (SSSR count). The third-order valence-electron chi connectivity index (χ3n) is 16.8. The lowest BCUT2D eigenvalue weighted by Crippen LogP contribution is -2.54. The van der Waals surface area contributed by atoms with Crippen LogP contribution in [0.3, 0.4) is 0 Å². The van der Waals surface area contributed by atoms with Crippen LogP contribution in [0.5, 0.6) is 0 Å². The van der Waals surface area contributed by atoms with Gasteiger partial charge in [-0.25, -0.2) is 19.0 Å². The van der Waals surface area contributed by atoms with Gasteiger partial charge >= 0.3 is 30.0 Å². The van der Waals surface area contributed by atoms with Crippen LogP contribution in [0.25, 0.3) is 22.3 Å². The average molecular weight is 1280 g/mol. The third kappa shape index (κ3) is 16.3. The molecule has 2 aromatic heterocycles. The van der Waals surface area contributed by atoms with E-state index in [1.807, 2.05) is 0 Å². The van der Waals surface area contributed by atoms with E-state index in [1.54, 1.807) is 58.0 Å². The molecule has 3 aliphatic heterocycles. The van der Waals surface area contributed by atoms with E-state index in [-0.39, 0.29) is 89.2 Å². The number of pyridine rings is 2. The van der Waals surface area contributed by atoms with Crippen molar-refractivity contribution in [2.45, 2.75) is 135 Å². The number of aryl methyl sites for hydroxylation is 1.